The second kappa shape index (κ2) is 10.8. The molecule has 162 valence electrons. The van der Waals surface area contributed by atoms with E-state index in [1.165, 1.54) is 31.2 Å². The molecule has 0 radical (unpaired) electrons. The van der Waals surface area contributed by atoms with Gasteiger partial charge in [-0.3, -0.25) is 4.99 Å². The van der Waals surface area contributed by atoms with Crippen LogP contribution in [0.15, 0.2) is 23.3 Å². The second-order valence-corrected chi connectivity index (χ2v) is 8.51. The van der Waals surface area contributed by atoms with Crippen LogP contribution >= 0.6 is 0 Å². The first-order valence-electron chi connectivity index (χ1n) is 11.0. The molecule has 1 aliphatic carbocycles. The van der Waals surface area contributed by atoms with Gasteiger partial charge >= 0.3 is 0 Å². The van der Waals surface area contributed by atoms with Crippen LogP contribution in [0.3, 0.4) is 0 Å². The molecule has 7 heteroatoms. The molecule has 29 heavy (non-hydrogen) atoms. The summed E-state index contributed by atoms with van der Waals surface area (Å²) in [6.07, 6.45) is 8.20. The molecule has 0 atom stereocenters. The monoisotopic (exact) mass is 402 g/mol. The number of guanidine groups is 1. The van der Waals surface area contributed by atoms with Crippen LogP contribution in [0.25, 0.3) is 0 Å². The molecule has 2 fully saturated rings. The number of hydrogen-bond acceptors (Lipinski definition) is 5. The van der Waals surface area contributed by atoms with Gasteiger partial charge in [0.05, 0.1) is 0 Å². The largest absolute Gasteiger partial charge is 0.385 e. The quantitative estimate of drug-likeness (QED) is 0.513. The number of methoxy groups -OCH3 is 1. The van der Waals surface area contributed by atoms with Crippen LogP contribution in [0.5, 0.6) is 0 Å². The van der Waals surface area contributed by atoms with Crippen LogP contribution in [0.1, 0.15) is 37.7 Å². The van der Waals surface area contributed by atoms with Crippen molar-refractivity contribution in [3.8, 4) is 0 Å². The van der Waals surface area contributed by atoms with E-state index in [0.717, 1.165) is 64.1 Å². The average Bonchev–Trinajstić information content (AvgIpc) is 3.22. The molecule has 1 saturated carbocycles. The van der Waals surface area contributed by atoms with Crippen LogP contribution in [0.2, 0.25) is 0 Å². The van der Waals surface area contributed by atoms with Gasteiger partial charge in [0.1, 0.15) is 5.82 Å². The number of nitrogens with zero attached hydrogens (tertiary/aromatic N) is 4. The van der Waals surface area contributed by atoms with E-state index in [0.29, 0.717) is 5.41 Å². The van der Waals surface area contributed by atoms with Gasteiger partial charge in [-0.15, -0.1) is 0 Å². The molecular formula is C22H38N6O. The number of pyridine rings is 1. The lowest BCUT2D eigenvalue weighted by Crippen LogP contribution is -2.46. The first-order chi connectivity index (χ1) is 14.2. The Morgan fingerprint density at radius 3 is 2.66 bits per heavy atom. The van der Waals surface area contributed by atoms with E-state index in [1.807, 2.05) is 19.3 Å². The molecule has 0 amide bonds. The number of likely N-dealkylation sites (N-methyl/N-ethyl adjacent to an activating group) is 1. The Morgan fingerprint density at radius 1 is 1.21 bits per heavy atom. The van der Waals surface area contributed by atoms with Crippen LogP contribution in [-0.2, 0) is 11.3 Å². The van der Waals surface area contributed by atoms with Gasteiger partial charge in [0.2, 0.25) is 0 Å². The third-order valence-electron chi connectivity index (χ3n) is 6.47. The van der Waals surface area contributed by atoms with Gasteiger partial charge in [0, 0.05) is 71.8 Å². The van der Waals surface area contributed by atoms with E-state index in [9.17, 15) is 0 Å². The third-order valence-corrected chi connectivity index (χ3v) is 6.47. The van der Waals surface area contributed by atoms with Gasteiger partial charge in [-0.25, -0.2) is 4.98 Å². The topological polar surface area (TPSA) is 65.0 Å². The number of piperazine rings is 1. The molecule has 2 N–H and O–H groups in total. The second-order valence-electron chi connectivity index (χ2n) is 8.51. The van der Waals surface area contributed by atoms with Crippen LogP contribution in [0, 0.1) is 5.41 Å². The van der Waals surface area contributed by atoms with Crippen molar-refractivity contribution in [3.63, 3.8) is 0 Å². The molecule has 1 aromatic rings. The highest BCUT2D eigenvalue weighted by atomic mass is 16.5. The Hall–Kier alpha value is -1.86. The average molecular weight is 403 g/mol. The zero-order chi connectivity index (χ0) is 20.5. The van der Waals surface area contributed by atoms with E-state index in [1.54, 1.807) is 7.11 Å². The molecule has 0 bridgehead atoms. The summed E-state index contributed by atoms with van der Waals surface area (Å²) in [5.41, 5.74) is 1.56. The molecule has 0 unspecified atom stereocenters. The SMILES string of the molecule is CN=C(NCc1cccnc1N1CCN(C)CC1)NCC1(CCOC)CCCC1. The maximum absolute atomic E-state index is 5.36. The van der Waals surface area contributed by atoms with Crippen LogP contribution in [0.4, 0.5) is 5.82 Å². The fourth-order valence-corrected chi connectivity index (χ4v) is 4.50. The van der Waals surface area contributed by atoms with Crippen molar-refractivity contribution in [1.82, 2.24) is 20.5 Å². The van der Waals surface area contributed by atoms with Crippen molar-refractivity contribution >= 4 is 11.8 Å². The Labute approximate surface area is 175 Å². The maximum Gasteiger partial charge on any atom is 0.191 e. The van der Waals surface area contributed by atoms with Gasteiger partial charge in [-0.2, -0.15) is 0 Å². The summed E-state index contributed by atoms with van der Waals surface area (Å²) in [4.78, 5) is 13.9. The van der Waals surface area contributed by atoms with E-state index < -0.39 is 0 Å². The minimum absolute atomic E-state index is 0.340. The summed E-state index contributed by atoms with van der Waals surface area (Å²) in [5.74, 6) is 1.96. The predicted octanol–water partition coefficient (Wildman–Crippen LogP) is 2.10. The Balaban J connectivity index is 1.56. The van der Waals surface area contributed by atoms with Crippen molar-refractivity contribution in [3.05, 3.63) is 23.9 Å². The number of rotatable bonds is 8. The number of nitrogens with one attached hydrogen (secondary N) is 2. The number of hydrogen-bond donors (Lipinski definition) is 2. The predicted molar refractivity (Wildman–Crippen MR) is 120 cm³/mol. The summed E-state index contributed by atoms with van der Waals surface area (Å²) in [6.45, 7) is 6.71. The van der Waals surface area contributed by atoms with Crippen molar-refractivity contribution in [2.24, 2.45) is 10.4 Å². The van der Waals surface area contributed by atoms with E-state index in [4.69, 9.17) is 4.74 Å². The summed E-state index contributed by atoms with van der Waals surface area (Å²) in [7, 11) is 5.82. The minimum Gasteiger partial charge on any atom is -0.385 e. The fraction of sp³-hybridized carbons (Fsp3) is 0.727. The summed E-state index contributed by atoms with van der Waals surface area (Å²) in [5, 5.41) is 7.08. The van der Waals surface area contributed by atoms with E-state index in [2.05, 4.69) is 43.5 Å². The van der Waals surface area contributed by atoms with Gasteiger partial charge in [-0.1, -0.05) is 18.9 Å². The van der Waals surface area contributed by atoms with Crippen molar-refractivity contribution < 1.29 is 4.74 Å². The molecular weight excluding hydrogens is 364 g/mol. The Morgan fingerprint density at radius 2 is 1.97 bits per heavy atom. The van der Waals surface area contributed by atoms with Crippen molar-refractivity contribution in [2.45, 2.75) is 38.6 Å². The van der Waals surface area contributed by atoms with Crippen molar-refractivity contribution in [2.75, 3.05) is 65.4 Å². The summed E-state index contributed by atoms with van der Waals surface area (Å²) < 4.78 is 5.36. The molecule has 7 nitrogen and oxygen atoms in total. The van der Waals surface area contributed by atoms with Gasteiger partial charge in [0.25, 0.3) is 0 Å². The third kappa shape index (κ3) is 6.06. The van der Waals surface area contributed by atoms with E-state index in [-0.39, 0.29) is 0 Å². The van der Waals surface area contributed by atoms with Gasteiger partial charge < -0.3 is 25.2 Å². The molecule has 1 saturated heterocycles. The number of ether oxygens (including phenoxy) is 1. The molecule has 1 aliphatic heterocycles. The number of anilines is 1. The highest BCUT2D eigenvalue weighted by Gasteiger charge is 2.33. The molecule has 1 aromatic heterocycles. The van der Waals surface area contributed by atoms with Crippen molar-refractivity contribution in [1.29, 1.82) is 0 Å². The standard InChI is InChI=1S/C22H38N6O/c1-23-21(26-18-22(10-16-29-3)8-4-5-9-22)25-17-19-7-6-11-24-20(19)28-14-12-27(2)13-15-28/h6-7,11H,4-5,8-10,12-18H2,1-3H3,(H2,23,25,26). The summed E-state index contributed by atoms with van der Waals surface area (Å²) in [6, 6.07) is 4.18. The lowest BCUT2D eigenvalue weighted by atomic mass is 9.83. The highest BCUT2D eigenvalue weighted by molar-refractivity contribution is 5.79. The zero-order valence-corrected chi connectivity index (χ0v) is 18.4. The first kappa shape index (κ1) is 21.8. The van der Waals surface area contributed by atoms with Gasteiger partial charge in [0.15, 0.2) is 5.96 Å². The lowest BCUT2D eigenvalue weighted by Gasteiger charge is -2.34. The number of aromatic nitrogens is 1. The Bertz CT molecular complexity index is 650. The molecule has 2 aliphatic rings. The van der Waals surface area contributed by atoms with Crippen LogP contribution in [-0.4, -0.2) is 76.4 Å². The van der Waals surface area contributed by atoms with Gasteiger partial charge in [-0.05, 0) is 37.8 Å². The Kier molecular flexibility index (Phi) is 8.12. The van der Waals surface area contributed by atoms with Crippen LogP contribution < -0.4 is 15.5 Å². The molecule has 0 spiro atoms. The minimum atomic E-state index is 0.340. The van der Waals surface area contributed by atoms with E-state index >= 15 is 0 Å². The fourth-order valence-electron chi connectivity index (χ4n) is 4.50. The zero-order valence-electron chi connectivity index (χ0n) is 18.4. The lowest BCUT2D eigenvalue weighted by molar-refractivity contribution is 0.138. The smallest absolute Gasteiger partial charge is 0.191 e. The first-order valence-corrected chi connectivity index (χ1v) is 11.0. The highest BCUT2D eigenvalue weighted by Crippen LogP contribution is 2.40. The molecule has 2 heterocycles. The molecule has 0 aromatic carbocycles. The maximum atomic E-state index is 5.36. The summed E-state index contributed by atoms with van der Waals surface area (Å²) >= 11 is 0. The normalized spacial score (nSPS) is 20.1. The molecule has 3 rings (SSSR count). The number of aliphatic imine (C=N–C) groups is 1.